The van der Waals surface area contributed by atoms with E-state index in [0.717, 1.165) is 43.1 Å². The van der Waals surface area contributed by atoms with E-state index in [4.69, 9.17) is 0 Å². The van der Waals surface area contributed by atoms with Gasteiger partial charge in [0.2, 0.25) is 5.95 Å². The molecule has 19 heavy (non-hydrogen) atoms. The highest BCUT2D eigenvalue weighted by atomic mass is 16.1. The molecule has 0 spiro atoms. The predicted octanol–water partition coefficient (Wildman–Crippen LogP) is 2.48. The Labute approximate surface area is 114 Å². The molecule has 0 bridgehead atoms. The van der Waals surface area contributed by atoms with E-state index in [1.54, 1.807) is 6.20 Å². The van der Waals surface area contributed by atoms with Crippen molar-refractivity contribution in [2.45, 2.75) is 39.5 Å². The summed E-state index contributed by atoms with van der Waals surface area (Å²) in [5, 5.41) is 0. The molecular weight excluding hydrogens is 238 g/mol. The average Bonchev–Trinajstić information content (AvgIpc) is 2.37. The number of nitrogens with zero attached hydrogens (tertiary/aromatic N) is 3. The Morgan fingerprint density at radius 3 is 2.68 bits per heavy atom. The molecule has 0 amide bonds. The summed E-state index contributed by atoms with van der Waals surface area (Å²) in [6.45, 7) is 6.61. The molecule has 4 nitrogen and oxygen atoms in total. The van der Waals surface area contributed by atoms with Crippen LogP contribution in [0, 0.1) is 11.8 Å². The first-order valence-corrected chi connectivity index (χ1v) is 7.27. The third-order valence-electron chi connectivity index (χ3n) is 4.12. The second kappa shape index (κ2) is 4.91. The molecule has 1 aliphatic heterocycles. The monoisotopic (exact) mass is 259 g/mol. The van der Waals surface area contributed by atoms with Crippen LogP contribution in [-0.4, -0.2) is 28.8 Å². The van der Waals surface area contributed by atoms with Crippen molar-refractivity contribution >= 4 is 11.7 Å². The highest BCUT2D eigenvalue weighted by molar-refractivity contribution is 5.97. The van der Waals surface area contributed by atoms with E-state index in [9.17, 15) is 4.79 Å². The zero-order valence-electron chi connectivity index (χ0n) is 11.7. The first kappa shape index (κ1) is 12.6. The molecule has 0 unspecified atom stereocenters. The number of carbonyl (C=O) groups is 1. The zero-order chi connectivity index (χ0) is 13.4. The maximum absolute atomic E-state index is 11.8. The Bertz CT molecular complexity index is 490. The van der Waals surface area contributed by atoms with Crippen molar-refractivity contribution in [3.8, 4) is 0 Å². The largest absolute Gasteiger partial charge is 0.340 e. The Morgan fingerprint density at radius 1 is 1.21 bits per heavy atom. The summed E-state index contributed by atoms with van der Waals surface area (Å²) in [4.78, 5) is 23.1. The third-order valence-corrected chi connectivity index (χ3v) is 4.12. The van der Waals surface area contributed by atoms with Crippen molar-refractivity contribution in [2.75, 3.05) is 18.0 Å². The van der Waals surface area contributed by atoms with Gasteiger partial charge in [-0.2, -0.15) is 0 Å². The smallest absolute Gasteiger partial charge is 0.225 e. The number of ketones is 1. The molecule has 0 N–H and O–H groups in total. The van der Waals surface area contributed by atoms with Gasteiger partial charge in [-0.3, -0.25) is 4.79 Å². The lowest BCUT2D eigenvalue weighted by atomic mass is 9.92. The number of rotatable bonds is 1. The Kier molecular flexibility index (Phi) is 3.25. The molecule has 1 aromatic rings. The summed E-state index contributed by atoms with van der Waals surface area (Å²) in [5.41, 5.74) is 1.69. The number of anilines is 1. The maximum Gasteiger partial charge on any atom is 0.225 e. The number of Topliss-reactive ketones (excluding diaryl/α,β-unsaturated/α-hetero) is 1. The SMILES string of the molecule is C[C@@H]1C[C@@H](C)CN(c2ncc3c(n2)CCCC3=O)C1. The molecule has 102 valence electrons. The molecular formula is C15H21N3O. The molecule has 2 heterocycles. The van der Waals surface area contributed by atoms with E-state index >= 15 is 0 Å². The fourth-order valence-electron chi connectivity index (χ4n) is 3.36. The molecule has 0 aromatic carbocycles. The van der Waals surface area contributed by atoms with E-state index in [2.05, 4.69) is 28.7 Å². The number of aromatic nitrogens is 2. The fourth-order valence-corrected chi connectivity index (χ4v) is 3.36. The van der Waals surface area contributed by atoms with Gasteiger partial charge >= 0.3 is 0 Å². The van der Waals surface area contributed by atoms with Crippen LogP contribution in [0.25, 0.3) is 0 Å². The van der Waals surface area contributed by atoms with E-state index in [1.807, 2.05) is 0 Å². The summed E-state index contributed by atoms with van der Waals surface area (Å²) in [5.74, 6) is 2.38. The Morgan fingerprint density at radius 2 is 1.95 bits per heavy atom. The van der Waals surface area contributed by atoms with Crippen LogP contribution in [-0.2, 0) is 6.42 Å². The first-order chi connectivity index (χ1) is 9.13. The summed E-state index contributed by atoms with van der Waals surface area (Å²) in [6, 6.07) is 0. The molecule has 0 radical (unpaired) electrons. The molecule has 1 fully saturated rings. The van der Waals surface area contributed by atoms with E-state index in [0.29, 0.717) is 18.3 Å². The Balaban J connectivity index is 1.87. The number of piperidine rings is 1. The standard InChI is InChI=1S/C15H21N3O/c1-10-6-11(2)9-18(8-10)15-16-7-12-13(17-15)4-3-5-14(12)19/h7,10-11H,3-6,8-9H2,1-2H3/t10-,11-/m1/s1. The number of fused-ring (bicyclic) bond motifs is 1. The second-order valence-electron chi connectivity index (χ2n) is 6.16. The van der Waals surface area contributed by atoms with Crippen LogP contribution >= 0.6 is 0 Å². The lowest BCUT2D eigenvalue weighted by Crippen LogP contribution is -2.40. The highest BCUT2D eigenvalue weighted by Gasteiger charge is 2.25. The van der Waals surface area contributed by atoms with Crippen molar-refractivity contribution in [3.05, 3.63) is 17.5 Å². The molecule has 1 aromatic heterocycles. The van der Waals surface area contributed by atoms with Crippen molar-refractivity contribution in [2.24, 2.45) is 11.8 Å². The van der Waals surface area contributed by atoms with Crippen LogP contribution in [0.15, 0.2) is 6.20 Å². The number of hydrogen-bond donors (Lipinski definition) is 0. The van der Waals surface area contributed by atoms with Gasteiger partial charge in [0.15, 0.2) is 5.78 Å². The summed E-state index contributed by atoms with van der Waals surface area (Å²) in [6.07, 6.45) is 5.50. The van der Waals surface area contributed by atoms with E-state index in [1.165, 1.54) is 6.42 Å². The normalized spacial score (nSPS) is 27.3. The lowest BCUT2D eigenvalue weighted by Gasteiger charge is -2.35. The maximum atomic E-state index is 11.8. The van der Waals surface area contributed by atoms with Gasteiger partial charge in [0, 0.05) is 25.7 Å². The van der Waals surface area contributed by atoms with Crippen LogP contribution in [0.2, 0.25) is 0 Å². The molecule has 1 aliphatic carbocycles. The third kappa shape index (κ3) is 2.48. The van der Waals surface area contributed by atoms with Crippen LogP contribution in [0.1, 0.15) is 49.2 Å². The molecule has 3 rings (SSSR count). The summed E-state index contributed by atoms with van der Waals surface area (Å²) < 4.78 is 0. The van der Waals surface area contributed by atoms with Gasteiger partial charge in [-0.1, -0.05) is 13.8 Å². The summed E-state index contributed by atoms with van der Waals surface area (Å²) in [7, 11) is 0. The molecule has 2 aliphatic rings. The minimum atomic E-state index is 0.202. The van der Waals surface area contributed by atoms with Crippen molar-refractivity contribution in [1.82, 2.24) is 9.97 Å². The molecule has 2 atom stereocenters. The fraction of sp³-hybridized carbons (Fsp3) is 0.667. The lowest BCUT2D eigenvalue weighted by molar-refractivity contribution is 0.0971. The van der Waals surface area contributed by atoms with Gasteiger partial charge in [-0.15, -0.1) is 0 Å². The van der Waals surface area contributed by atoms with Crippen LogP contribution in [0.4, 0.5) is 5.95 Å². The first-order valence-electron chi connectivity index (χ1n) is 7.27. The van der Waals surface area contributed by atoms with Gasteiger partial charge in [-0.25, -0.2) is 9.97 Å². The van der Waals surface area contributed by atoms with Crippen LogP contribution < -0.4 is 4.90 Å². The van der Waals surface area contributed by atoms with Crippen molar-refractivity contribution in [1.29, 1.82) is 0 Å². The van der Waals surface area contributed by atoms with Crippen LogP contribution in [0.3, 0.4) is 0 Å². The zero-order valence-corrected chi connectivity index (χ0v) is 11.7. The minimum Gasteiger partial charge on any atom is -0.340 e. The van der Waals surface area contributed by atoms with Crippen molar-refractivity contribution in [3.63, 3.8) is 0 Å². The van der Waals surface area contributed by atoms with E-state index in [-0.39, 0.29) is 5.78 Å². The van der Waals surface area contributed by atoms with Crippen LogP contribution in [0.5, 0.6) is 0 Å². The quantitative estimate of drug-likeness (QED) is 0.777. The van der Waals surface area contributed by atoms with Crippen molar-refractivity contribution < 1.29 is 4.79 Å². The molecule has 0 saturated carbocycles. The van der Waals surface area contributed by atoms with E-state index < -0.39 is 0 Å². The predicted molar refractivity (Wildman–Crippen MR) is 74.5 cm³/mol. The Hall–Kier alpha value is -1.45. The topological polar surface area (TPSA) is 46.1 Å². The van der Waals surface area contributed by atoms with Gasteiger partial charge in [0.1, 0.15) is 0 Å². The second-order valence-corrected chi connectivity index (χ2v) is 6.16. The van der Waals surface area contributed by atoms with Gasteiger partial charge in [-0.05, 0) is 31.1 Å². The van der Waals surface area contributed by atoms with Gasteiger partial charge < -0.3 is 4.90 Å². The average molecular weight is 259 g/mol. The number of hydrogen-bond acceptors (Lipinski definition) is 4. The number of aryl methyl sites for hydroxylation is 1. The minimum absolute atomic E-state index is 0.202. The summed E-state index contributed by atoms with van der Waals surface area (Å²) >= 11 is 0. The van der Waals surface area contributed by atoms with Gasteiger partial charge in [0.25, 0.3) is 0 Å². The number of carbonyl (C=O) groups excluding carboxylic acids is 1. The highest BCUT2D eigenvalue weighted by Crippen LogP contribution is 2.26. The molecule has 4 heteroatoms. The molecule has 1 saturated heterocycles. The van der Waals surface area contributed by atoms with Gasteiger partial charge in [0.05, 0.1) is 11.3 Å².